The molecule has 3 heteroatoms. The maximum absolute atomic E-state index is 12.3. The molecular formula is C13H24N2O. The Morgan fingerprint density at radius 1 is 1.25 bits per heavy atom. The lowest BCUT2D eigenvalue weighted by Gasteiger charge is -2.37. The summed E-state index contributed by atoms with van der Waals surface area (Å²) in [7, 11) is 0. The number of nitrogens with zero attached hydrogens (tertiary/aromatic N) is 1. The summed E-state index contributed by atoms with van der Waals surface area (Å²) in [5.74, 6) is 2.07. The first-order chi connectivity index (χ1) is 7.68. The highest BCUT2D eigenvalue weighted by molar-refractivity contribution is 5.79. The number of hydrogen-bond donors (Lipinski definition) is 1. The Morgan fingerprint density at radius 2 is 2.06 bits per heavy atom. The molecule has 3 atom stereocenters. The number of likely N-dealkylation sites (tertiary alicyclic amines) is 1. The van der Waals surface area contributed by atoms with Crippen molar-refractivity contribution in [2.24, 2.45) is 17.8 Å². The number of nitrogens with one attached hydrogen (secondary N) is 1. The van der Waals surface area contributed by atoms with Crippen LogP contribution in [0.3, 0.4) is 0 Å². The summed E-state index contributed by atoms with van der Waals surface area (Å²) in [4.78, 5) is 14.4. The molecule has 2 aliphatic rings. The Morgan fingerprint density at radius 3 is 2.69 bits per heavy atom. The van der Waals surface area contributed by atoms with E-state index in [-0.39, 0.29) is 5.92 Å². The van der Waals surface area contributed by atoms with Crippen LogP contribution in [0, 0.1) is 17.8 Å². The Hall–Kier alpha value is -0.570. The normalized spacial score (nSPS) is 36.1. The molecule has 16 heavy (non-hydrogen) atoms. The fourth-order valence-corrected chi connectivity index (χ4v) is 2.78. The van der Waals surface area contributed by atoms with E-state index in [2.05, 4.69) is 24.1 Å². The average molecular weight is 224 g/mol. The van der Waals surface area contributed by atoms with Crippen LogP contribution in [0.2, 0.25) is 0 Å². The highest BCUT2D eigenvalue weighted by atomic mass is 16.2. The molecule has 0 bridgehead atoms. The fourth-order valence-electron chi connectivity index (χ4n) is 2.78. The number of hydrogen-bond acceptors (Lipinski definition) is 2. The summed E-state index contributed by atoms with van der Waals surface area (Å²) in [6, 6.07) is 0. The lowest BCUT2D eigenvalue weighted by molar-refractivity contribution is -0.138. The zero-order chi connectivity index (χ0) is 11.5. The minimum Gasteiger partial charge on any atom is -0.342 e. The summed E-state index contributed by atoms with van der Waals surface area (Å²) >= 11 is 0. The second kappa shape index (κ2) is 5.17. The van der Waals surface area contributed by atoms with Crippen LogP contribution in [-0.4, -0.2) is 37.0 Å². The molecule has 3 nitrogen and oxygen atoms in total. The predicted octanol–water partition coefficient (Wildman–Crippen LogP) is 1.49. The molecule has 2 rings (SSSR count). The van der Waals surface area contributed by atoms with Crippen molar-refractivity contribution in [1.29, 1.82) is 0 Å². The third-order valence-electron chi connectivity index (χ3n) is 4.29. The van der Waals surface area contributed by atoms with Crippen LogP contribution in [0.25, 0.3) is 0 Å². The number of piperidine rings is 2. The van der Waals surface area contributed by atoms with E-state index in [1.165, 1.54) is 6.42 Å². The molecule has 2 saturated heterocycles. The third-order valence-corrected chi connectivity index (χ3v) is 4.29. The van der Waals surface area contributed by atoms with E-state index >= 15 is 0 Å². The number of carbonyl (C=O) groups is 1. The minimum atomic E-state index is 0.245. The standard InChI is InChI=1S/C13H24N2O/c1-10-5-7-15(9-11(10)2)13(16)12-4-3-6-14-8-12/h10-12,14H,3-9H2,1-2H3. The van der Waals surface area contributed by atoms with E-state index in [0.717, 1.165) is 44.9 Å². The van der Waals surface area contributed by atoms with E-state index in [1.807, 2.05) is 0 Å². The predicted molar refractivity (Wildman–Crippen MR) is 65.1 cm³/mol. The van der Waals surface area contributed by atoms with Gasteiger partial charge in [0, 0.05) is 19.6 Å². The number of rotatable bonds is 1. The summed E-state index contributed by atoms with van der Waals surface area (Å²) < 4.78 is 0. The Balaban J connectivity index is 1.89. The van der Waals surface area contributed by atoms with Crippen LogP contribution in [0.5, 0.6) is 0 Å². The van der Waals surface area contributed by atoms with Crippen LogP contribution >= 0.6 is 0 Å². The Labute approximate surface area is 98.6 Å². The van der Waals surface area contributed by atoms with Crippen molar-refractivity contribution in [2.45, 2.75) is 33.1 Å². The van der Waals surface area contributed by atoms with Crippen molar-refractivity contribution in [3.8, 4) is 0 Å². The van der Waals surface area contributed by atoms with Crippen molar-refractivity contribution in [3.05, 3.63) is 0 Å². The quantitative estimate of drug-likeness (QED) is 0.732. The number of amides is 1. The molecule has 0 aromatic rings. The summed E-state index contributed by atoms with van der Waals surface area (Å²) in [5, 5.41) is 3.33. The van der Waals surface area contributed by atoms with Crippen molar-refractivity contribution in [2.75, 3.05) is 26.2 Å². The molecule has 0 saturated carbocycles. The second-order valence-corrected chi connectivity index (χ2v) is 5.57. The molecule has 3 unspecified atom stereocenters. The molecule has 1 N–H and O–H groups in total. The first kappa shape index (κ1) is 11.9. The molecule has 0 spiro atoms. The van der Waals surface area contributed by atoms with Gasteiger partial charge in [-0.1, -0.05) is 13.8 Å². The zero-order valence-corrected chi connectivity index (χ0v) is 10.5. The van der Waals surface area contributed by atoms with Gasteiger partial charge in [0.1, 0.15) is 0 Å². The van der Waals surface area contributed by atoms with Gasteiger partial charge in [-0.25, -0.2) is 0 Å². The molecular weight excluding hydrogens is 200 g/mol. The largest absolute Gasteiger partial charge is 0.342 e. The Kier molecular flexibility index (Phi) is 3.85. The zero-order valence-electron chi connectivity index (χ0n) is 10.5. The van der Waals surface area contributed by atoms with E-state index in [9.17, 15) is 4.79 Å². The van der Waals surface area contributed by atoms with Gasteiger partial charge in [0.2, 0.25) is 5.91 Å². The van der Waals surface area contributed by atoms with Gasteiger partial charge in [0.15, 0.2) is 0 Å². The van der Waals surface area contributed by atoms with Gasteiger partial charge in [-0.2, -0.15) is 0 Å². The Bertz CT molecular complexity index is 248. The van der Waals surface area contributed by atoms with Crippen LogP contribution in [0.4, 0.5) is 0 Å². The van der Waals surface area contributed by atoms with Gasteiger partial charge in [0.05, 0.1) is 5.92 Å². The van der Waals surface area contributed by atoms with Crippen LogP contribution in [0.15, 0.2) is 0 Å². The molecule has 2 heterocycles. The molecule has 1 amide bonds. The monoisotopic (exact) mass is 224 g/mol. The molecule has 2 aliphatic heterocycles. The van der Waals surface area contributed by atoms with Crippen LogP contribution in [0.1, 0.15) is 33.1 Å². The molecule has 0 radical (unpaired) electrons. The van der Waals surface area contributed by atoms with Crippen molar-refractivity contribution < 1.29 is 4.79 Å². The third kappa shape index (κ3) is 2.57. The second-order valence-electron chi connectivity index (χ2n) is 5.57. The average Bonchev–Trinajstić information content (AvgIpc) is 2.33. The van der Waals surface area contributed by atoms with Gasteiger partial charge < -0.3 is 10.2 Å². The molecule has 0 aromatic heterocycles. The van der Waals surface area contributed by atoms with Crippen molar-refractivity contribution in [1.82, 2.24) is 10.2 Å². The van der Waals surface area contributed by atoms with Gasteiger partial charge in [-0.05, 0) is 37.6 Å². The summed E-state index contributed by atoms with van der Waals surface area (Å²) in [6.07, 6.45) is 3.40. The van der Waals surface area contributed by atoms with E-state index < -0.39 is 0 Å². The summed E-state index contributed by atoms with van der Waals surface area (Å²) in [6.45, 7) is 8.48. The smallest absolute Gasteiger partial charge is 0.226 e. The van der Waals surface area contributed by atoms with Crippen LogP contribution in [-0.2, 0) is 4.79 Å². The van der Waals surface area contributed by atoms with E-state index in [4.69, 9.17) is 0 Å². The maximum Gasteiger partial charge on any atom is 0.226 e. The summed E-state index contributed by atoms with van der Waals surface area (Å²) in [5.41, 5.74) is 0. The van der Waals surface area contributed by atoms with Gasteiger partial charge >= 0.3 is 0 Å². The number of carbonyl (C=O) groups excluding carboxylic acids is 1. The lowest BCUT2D eigenvalue weighted by Crippen LogP contribution is -2.48. The first-order valence-corrected chi connectivity index (χ1v) is 6.68. The highest BCUT2D eigenvalue weighted by Crippen LogP contribution is 2.24. The van der Waals surface area contributed by atoms with Gasteiger partial charge in [0.25, 0.3) is 0 Å². The fraction of sp³-hybridized carbons (Fsp3) is 0.923. The van der Waals surface area contributed by atoms with Crippen molar-refractivity contribution >= 4 is 5.91 Å². The highest BCUT2D eigenvalue weighted by Gasteiger charge is 2.30. The molecule has 0 aliphatic carbocycles. The lowest BCUT2D eigenvalue weighted by atomic mass is 9.87. The van der Waals surface area contributed by atoms with E-state index in [0.29, 0.717) is 11.8 Å². The SMILES string of the molecule is CC1CCN(C(=O)C2CCCNC2)CC1C. The molecule has 92 valence electrons. The van der Waals surface area contributed by atoms with Gasteiger partial charge in [-0.3, -0.25) is 4.79 Å². The minimum absolute atomic E-state index is 0.245. The van der Waals surface area contributed by atoms with Crippen molar-refractivity contribution in [3.63, 3.8) is 0 Å². The maximum atomic E-state index is 12.3. The van der Waals surface area contributed by atoms with Gasteiger partial charge in [-0.15, -0.1) is 0 Å². The van der Waals surface area contributed by atoms with E-state index in [1.54, 1.807) is 0 Å². The topological polar surface area (TPSA) is 32.3 Å². The first-order valence-electron chi connectivity index (χ1n) is 6.68. The molecule has 0 aromatic carbocycles. The molecule has 2 fully saturated rings. The van der Waals surface area contributed by atoms with Crippen LogP contribution < -0.4 is 5.32 Å².